The number of para-hydroxylation sites is 2. The Balaban J connectivity index is 0.924. The predicted octanol–water partition coefficient (Wildman–Crippen LogP) is 8.82. The first kappa shape index (κ1) is 48.9. The van der Waals surface area contributed by atoms with E-state index in [1.165, 1.54) is 14.2 Å². The number of Topliss-reactive ketones (excluding diaryl/α,β-unsaturated/α-hetero) is 1. The van der Waals surface area contributed by atoms with Gasteiger partial charge in [-0.25, -0.2) is 0 Å². The summed E-state index contributed by atoms with van der Waals surface area (Å²) >= 11 is 0. The smallest absolute Gasteiger partial charge is 0.305 e. The zero-order valence-corrected chi connectivity index (χ0v) is 41.0. The molecular formula is C57H57N5O10. The molecule has 370 valence electrons. The van der Waals surface area contributed by atoms with Crippen molar-refractivity contribution in [2.45, 2.75) is 97.1 Å². The van der Waals surface area contributed by atoms with Crippen LogP contribution in [0.5, 0.6) is 17.2 Å². The van der Waals surface area contributed by atoms with Crippen LogP contribution < -0.4 is 34.6 Å². The second-order valence-electron chi connectivity index (χ2n) is 18.8. The van der Waals surface area contributed by atoms with E-state index in [1.54, 1.807) is 44.2 Å². The lowest BCUT2D eigenvalue weighted by atomic mass is 9.99. The number of benzene rings is 5. The second-order valence-corrected chi connectivity index (χ2v) is 18.8. The van der Waals surface area contributed by atoms with E-state index < -0.39 is 17.9 Å². The van der Waals surface area contributed by atoms with Crippen molar-refractivity contribution in [3.8, 4) is 17.2 Å². The fourth-order valence-corrected chi connectivity index (χ4v) is 9.75. The van der Waals surface area contributed by atoms with Crippen LogP contribution in [0.1, 0.15) is 100 Å². The summed E-state index contributed by atoms with van der Waals surface area (Å²) in [5, 5.41) is 5.69. The van der Waals surface area contributed by atoms with Crippen molar-refractivity contribution < 1.29 is 47.7 Å². The van der Waals surface area contributed by atoms with Crippen molar-refractivity contribution in [1.82, 2.24) is 5.32 Å². The van der Waals surface area contributed by atoms with Gasteiger partial charge in [0.1, 0.15) is 19.0 Å². The Morgan fingerprint density at radius 1 is 0.736 bits per heavy atom. The van der Waals surface area contributed by atoms with E-state index in [4.69, 9.17) is 19.2 Å². The molecule has 0 saturated heterocycles. The highest BCUT2D eigenvalue weighted by Crippen LogP contribution is 2.41. The van der Waals surface area contributed by atoms with E-state index in [2.05, 4.69) is 15.4 Å². The first-order valence-electron chi connectivity index (χ1n) is 24.3. The summed E-state index contributed by atoms with van der Waals surface area (Å²) in [5.41, 5.74) is 8.71. The molecule has 4 aliphatic rings. The summed E-state index contributed by atoms with van der Waals surface area (Å²) in [6.07, 6.45) is 8.39. The van der Waals surface area contributed by atoms with Crippen LogP contribution in [0.2, 0.25) is 0 Å². The molecule has 0 spiro atoms. The number of hydrogen-bond donors (Lipinski definition) is 2. The number of carbonyl (C=O) groups is 6. The number of esters is 1. The average molecular weight is 972 g/mol. The molecule has 4 amide bonds. The van der Waals surface area contributed by atoms with E-state index in [1.807, 2.05) is 95.8 Å². The van der Waals surface area contributed by atoms with Gasteiger partial charge in [-0.1, -0.05) is 55.5 Å². The summed E-state index contributed by atoms with van der Waals surface area (Å²) < 4.78 is 23.3. The Bertz CT molecular complexity index is 3050. The van der Waals surface area contributed by atoms with E-state index >= 15 is 0 Å². The fraction of sp³-hybridized carbons (Fsp3) is 0.316. The molecule has 2 N–H and O–H groups in total. The SMILES string of the molecule is COC(=O)CCCCC(=O)N[C@@H](C)C(=O)C[C@@H](C)C(=O)Nc1cc(COc2cc3c(cc2C)C(=O)N2c4ccccc4C[C@H]2C=N3)cc(COc2cc3c(cc2OC)C(=O)N2c4ccccc4C[C@H]2C=C3)c1. The van der Waals surface area contributed by atoms with Crippen LogP contribution in [0.3, 0.4) is 0 Å². The third kappa shape index (κ3) is 10.4. The van der Waals surface area contributed by atoms with Crippen LogP contribution in [0.15, 0.2) is 102 Å². The summed E-state index contributed by atoms with van der Waals surface area (Å²) in [6, 6.07) is 27.3. The van der Waals surface area contributed by atoms with Gasteiger partial charge in [0, 0.05) is 60.9 Å². The number of carbonyl (C=O) groups excluding carboxylic acids is 6. The second kappa shape index (κ2) is 21.1. The molecule has 4 aliphatic heterocycles. The number of aryl methyl sites for hydroxylation is 1. The highest BCUT2D eigenvalue weighted by atomic mass is 16.5. The van der Waals surface area contributed by atoms with Crippen LogP contribution >= 0.6 is 0 Å². The van der Waals surface area contributed by atoms with Crippen molar-refractivity contribution >= 4 is 70.4 Å². The molecule has 9 rings (SSSR count). The molecular weight excluding hydrogens is 915 g/mol. The largest absolute Gasteiger partial charge is 0.493 e. The average Bonchev–Trinajstić information content (AvgIpc) is 3.87. The Kier molecular flexibility index (Phi) is 14.3. The van der Waals surface area contributed by atoms with Crippen LogP contribution in [0.25, 0.3) is 6.08 Å². The lowest BCUT2D eigenvalue weighted by molar-refractivity contribution is -0.140. The van der Waals surface area contributed by atoms with Gasteiger partial charge in [0.25, 0.3) is 11.8 Å². The molecule has 0 aliphatic carbocycles. The number of nitrogens with one attached hydrogen (secondary N) is 2. The normalized spacial score (nSPS) is 16.7. The van der Waals surface area contributed by atoms with Gasteiger partial charge in [-0.2, -0.15) is 0 Å². The zero-order chi connectivity index (χ0) is 50.6. The summed E-state index contributed by atoms with van der Waals surface area (Å²) in [5.74, 6) is -1.07. The minimum absolute atomic E-state index is 0.0368. The van der Waals surface area contributed by atoms with Crippen LogP contribution in [-0.2, 0) is 50.0 Å². The van der Waals surface area contributed by atoms with Crippen molar-refractivity contribution in [3.63, 3.8) is 0 Å². The van der Waals surface area contributed by atoms with Gasteiger partial charge in [-0.3, -0.25) is 38.7 Å². The van der Waals surface area contributed by atoms with Crippen molar-refractivity contribution in [2.75, 3.05) is 29.3 Å². The quantitative estimate of drug-likeness (QED) is 0.0636. The molecule has 0 bridgehead atoms. The monoisotopic (exact) mass is 971 g/mol. The zero-order valence-electron chi connectivity index (χ0n) is 41.0. The molecule has 0 radical (unpaired) electrons. The van der Waals surface area contributed by atoms with Gasteiger partial charge in [0.15, 0.2) is 17.3 Å². The number of nitrogens with zero attached hydrogens (tertiary/aromatic N) is 3. The molecule has 0 unspecified atom stereocenters. The Hall–Kier alpha value is -8.07. The molecule has 15 nitrogen and oxygen atoms in total. The van der Waals surface area contributed by atoms with Gasteiger partial charge < -0.3 is 34.5 Å². The fourth-order valence-electron chi connectivity index (χ4n) is 9.75. The molecule has 4 heterocycles. The molecule has 15 heteroatoms. The van der Waals surface area contributed by atoms with Gasteiger partial charge in [-0.15, -0.1) is 0 Å². The standard InChI is InChI=1S/C57H57N5O10/c1-33-20-45-46(58-30-43-26-40-13-7-9-15-48(40)62(43)57(45)68)29-50(33)71-31-36-22-37(24-41(23-36)60-55(66)34(2)21-49(63)35(3)59-53(64)16-10-11-17-54(65)70-5)32-72-52-27-38-18-19-42-25-39-12-6-8-14-47(39)61(42)56(67)44(38)28-51(52)69-4/h6-9,12-15,18-20,22-24,27-30,34-35,42-43H,10-11,16-17,21,25-26,31-32H2,1-5H3,(H,59,64)(H,60,66)/t34-,35+,42-,43+/m1/s1. The molecule has 5 aromatic rings. The number of methoxy groups -OCH3 is 2. The van der Waals surface area contributed by atoms with Crippen LogP contribution in [0, 0.1) is 12.8 Å². The Morgan fingerprint density at radius 3 is 2.07 bits per heavy atom. The molecule has 72 heavy (non-hydrogen) atoms. The highest BCUT2D eigenvalue weighted by molar-refractivity contribution is 6.15. The molecule has 4 atom stereocenters. The van der Waals surface area contributed by atoms with E-state index in [0.717, 1.165) is 28.1 Å². The van der Waals surface area contributed by atoms with Gasteiger partial charge in [-0.05, 0) is 115 Å². The number of rotatable bonds is 18. The highest BCUT2D eigenvalue weighted by Gasteiger charge is 2.37. The molecule has 0 saturated carbocycles. The molecule has 5 aromatic carbocycles. The van der Waals surface area contributed by atoms with Crippen LogP contribution in [0.4, 0.5) is 22.7 Å². The predicted molar refractivity (Wildman–Crippen MR) is 273 cm³/mol. The van der Waals surface area contributed by atoms with E-state index in [-0.39, 0.29) is 74.0 Å². The number of ketones is 1. The minimum Gasteiger partial charge on any atom is -0.493 e. The van der Waals surface area contributed by atoms with Crippen molar-refractivity contribution in [3.05, 3.63) is 142 Å². The number of amides is 4. The first-order valence-corrected chi connectivity index (χ1v) is 24.3. The third-order valence-electron chi connectivity index (χ3n) is 13.6. The number of hydrogen-bond acceptors (Lipinski definition) is 11. The maximum atomic E-state index is 14.1. The Morgan fingerprint density at radius 2 is 1.38 bits per heavy atom. The summed E-state index contributed by atoms with van der Waals surface area (Å²) in [6.45, 7) is 5.22. The van der Waals surface area contributed by atoms with Gasteiger partial charge in [0.2, 0.25) is 11.8 Å². The maximum Gasteiger partial charge on any atom is 0.305 e. The number of fused-ring (bicyclic) bond motifs is 8. The molecule has 0 aromatic heterocycles. The molecule has 0 fully saturated rings. The number of unbranched alkanes of at least 4 members (excludes halogenated alkanes) is 1. The number of aliphatic imine (C=N–C) groups is 1. The Labute approximate surface area is 418 Å². The van der Waals surface area contributed by atoms with E-state index in [0.29, 0.717) is 82.1 Å². The topological polar surface area (TPSA) is 182 Å². The lowest BCUT2D eigenvalue weighted by Gasteiger charge is -2.23. The van der Waals surface area contributed by atoms with Gasteiger partial charge >= 0.3 is 5.97 Å². The van der Waals surface area contributed by atoms with Gasteiger partial charge in [0.05, 0.1) is 49.2 Å². The third-order valence-corrected chi connectivity index (χ3v) is 13.6. The first-order chi connectivity index (χ1) is 34.8. The maximum absolute atomic E-state index is 14.1. The number of ether oxygens (including phenoxy) is 4. The van der Waals surface area contributed by atoms with Crippen molar-refractivity contribution in [1.29, 1.82) is 0 Å². The number of anilines is 3. The van der Waals surface area contributed by atoms with Crippen molar-refractivity contribution in [2.24, 2.45) is 10.9 Å². The summed E-state index contributed by atoms with van der Waals surface area (Å²) in [7, 11) is 2.84. The lowest BCUT2D eigenvalue weighted by Crippen LogP contribution is -2.39. The van der Waals surface area contributed by atoms with E-state index in [9.17, 15) is 28.8 Å². The minimum atomic E-state index is -0.820. The summed E-state index contributed by atoms with van der Waals surface area (Å²) in [4.78, 5) is 87.5. The van der Waals surface area contributed by atoms with Crippen LogP contribution in [-0.4, -0.2) is 73.9 Å².